The predicted molar refractivity (Wildman–Crippen MR) is 105 cm³/mol. The molecule has 4 heteroatoms. The van der Waals surface area contributed by atoms with Crippen LogP contribution in [0, 0.1) is 27.7 Å². The van der Waals surface area contributed by atoms with Gasteiger partial charge in [-0.2, -0.15) is 0 Å². The van der Waals surface area contributed by atoms with Crippen LogP contribution in [0.4, 0.5) is 0 Å². The summed E-state index contributed by atoms with van der Waals surface area (Å²) in [6.45, 7) is 11.0. The van der Waals surface area contributed by atoms with Crippen LogP contribution in [0.3, 0.4) is 0 Å². The Morgan fingerprint density at radius 1 is 1.00 bits per heavy atom. The van der Waals surface area contributed by atoms with Gasteiger partial charge in [-0.1, -0.05) is 30.7 Å². The first-order chi connectivity index (χ1) is 12.4. The second-order valence-electron chi connectivity index (χ2n) is 6.67. The van der Waals surface area contributed by atoms with Crippen molar-refractivity contribution >= 4 is 5.91 Å². The van der Waals surface area contributed by atoms with E-state index in [0.29, 0.717) is 19.6 Å². The molecule has 0 aliphatic heterocycles. The average molecular weight is 355 g/mol. The van der Waals surface area contributed by atoms with Gasteiger partial charge >= 0.3 is 0 Å². The molecule has 0 aliphatic rings. The van der Waals surface area contributed by atoms with Crippen LogP contribution >= 0.6 is 0 Å². The first kappa shape index (κ1) is 19.8. The molecule has 1 unspecified atom stereocenters. The largest absolute Gasteiger partial charge is 0.491 e. The molecule has 2 aromatic carbocycles. The van der Waals surface area contributed by atoms with E-state index >= 15 is 0 Å². The van der Waals surface area contributed by atoms with Gasteiger partial charge in [0.05, 0.1) is 6.54 Å². The van der Waals surface area contributed by atoms with Gasteiger partial charge in [0.25, 0.3) is 5.91 Å². The molecule has 140 valence electrons. The maximum Gasteiger partial charge on any atom is 0.261 e. The van der Waals surface area contributed by atoms with Crippen molar-refractivity contribution in [2.24, 2.45) is 0 Å². The Morgan fingerprint density at radius 3 is 2.42 bits per heavy atom. The van der Waals surface area contributed by atoms with Crippen molar-refractivity contribution in [2.75, 3.05) is 13.2 Å². The number of nitrogens with one attached hydrogen (secondary N) is 1. The Kier molecular flexibility index (Phi) is 7.07. The molecule has 26 heavy (non-hydrogen) atoms. The molecular formula is C22H29NO3. The number of carbonyl (C=O) groups is 1. The number of hydrogen-bond acceptors (Lipinski definition) is 3. The van der Waals surface area contributed by atoms with E-state index < -0.39 is 6.10 Å². The van der Waals surface area contributed by atoms with Crippen molar-refractivity contribution in [3.63, 3.8) is 0 Å². The molecule has 0 bridgehead atoms. The Labute approximate surface area is 156 Å². The summed E-state index contributed by atoms with van der Waals surface area (Å²) in [4.78, 5) is 12.4. The van der Waals surface area contributed by atoms with Crippen LogP contribution in [-0.2, 0) is 4.79 Å². The number of benzene rings is 2. The molecule has 0 saturated carbocycles. The summed E-state index contributed by atoms with van der Waals surface area (Å²) in [6.07, 6.45) is 0.106. The van der Waals surface area contributed by atoms with Gasteiger partial charge in [0.15, 0.2) is 6.10 Å². The van der Waals surface area contributed by atoms with Crippen molar-refractivity contribution in [3.8, 4) is 11.5 Å². The molecule has 1 amide bonds. The first-order valence-corrected chi connectivity index (χ1v) is 9.12. The summed E-state index contributed by atoms with van der Waals surface area (Å²) in [5, 5.41) is 2.89. The van der Waals surface area contributed by atoms with E-state index in [4.69, 9.17) is 9.47 Å². The summed E-state index contributed by atoms with van der Waals surface area (Å²) in [5.74, 6) is 1.46. The molecule has 0 aromatic heterocycles. The summed E-state index contributed by atoms with van der Waals surface area (Å²) in [6, 6.07) is 11.9. The highest BCUT2D eigenvalue weighted by Crippen LogP contribution is 2.19. The normalized spacial score (nSPS) is 11.7. The van der Waals surface area contributed by atoms with Gasteiger partial charge in [-0.3, -0.25) is 4.79 Å². The summed E-state index contributed by atoms with van der Waals surface area (Å²) < 4.78 is 11.6. The molecule has 0 heterocycles. The molecule has 1 atom stereocenters. The minimum atomic E-state index is -0.502. The van der Waals surface area contributed by atoms with E-state index in [2.05, 4.69) is 25.2 Å². The third-order valence-electron chi connectivity index (χ3n) is 4.41. The van der Waals surface area contributed by atoms with Gasteiger partial charge in [-0.25, -0.2) is 0 Å². The average Bonchev–Trinajstić information content (AvgIpc) is 2.60. The highest BCUT2D eigenvalue weighted by molar-refractivity contribution is 5.81. The second kappa shape index (κ2) is 9.27. The zero-order chi connectivity index (χ0) is 19.1. The van der Waals surface area contributed by atoms with Crippen LogP contribution in [0.25, 0.3) is 0 Å². The Bertz CT molecular complexity index is 755. The summed E-state index contributed by atoms with van der Waals surface area (Å²) in [5.41, 5.74) is 4.66. The smallest absolute Gasteiger partial charge is 0.261 e. The SMILES string of the molecule is CCC(Oc1ccc(C)c(C)c1)C(=O)NCCOc1ccc(C)cc1C. The summed E-state index contributed by atoms with van der Waals surface area (Å²) in [7, 11) is 0. The number of aryl methyl sites for hydroxylation is 4. The standard InChI is InChI=1S/C22H29NO3/c1-6-20(26-19-9-8-16(3)17(4)14-19)22(24)23-11-12-25-21-10-7-15(2)13-18(21)5/h7-10,13-14,20H,6,11-12H2,1-5H3,(H,23,24). The molecule has 0 aliphatic carbocycles. The second-order valence-corrected chi connectivity index (χ2v) is 6.67. The van der Waals surface area contributed by atoms with Crippen LogP contribution in [0.1, 0.15) is 35.6 Å². The van der Waals surface area contributed by atoms with Gasteiger partial charge in [0, 0.05) is 0 Å². The van der Waals surface area contributed by atoms with E-state index in [1.54, 1.807) is 0 Å². The lowest BCUT2D eigenvalue weighted by atomic mass is 10.1. The molecule has 0 fully saturated rings. The van der Waals surface area contributed by atoms with Crippen molar-refractivity contribution < 1.29 is 14.3 Å². The number of carbonyl (C=O) groups excluding carboxylic acids is 1. The van der Waals surface area contributed by atoms with Crippen molar-refractivity contribution in [1.29, 1.82) is 0 Å². The third-order valence-corrected chi connectivity index (χ3v) is 4.41. The van der Waals surface area contributed by atoms with E-state index in [9.17, 15) is 4.79 Å². The molecule has 0 saturated heterocycles. The van der Waals surface area contributed by atoms with Crippen LogP contribution in [0.5, 0.6) is 11.5 Å². The van der Waals surface area contributed by atoms with Crippen LogP contribution in [0.2, 0.25) is 0 Å². The highest BCUT2D eigenvalue weighted by atomic mass is 16.5. The molecule has 4 nitrogen and oxygen atoms in total. The highest BCUT2D eigenvalue weighted by Gasteiger charge is 2.18. The fraction of sp³-hybridized carbons (Fsp3) is 0.409. The number of rotatable bonds is 8. The molecule has 0 radical (unpaired) electrons. The molecule has 2 rings (SSSR count). The fourth-order valence-electron chi connectivity index (χ4n) is 2.68. The van der Waals surface area contributed by atoms with E-state index in [1.807, 2.05) is 51.1 Å². The topological polar surface area (TPSA) is 47.6 Å². The minimum Gasteiger partial charge on any atom is -0.491 e. The number of hydrogen-bond donors (Lipinski definition) is 1. The first-order valence-electron chi connectivity index (χ1n) is 9.12. The van der Waals surface area contributed by atoms with Crippen LogP contribution in [-0.4, -0.2) is 25.2 Å². The van der Waals surface area contributed by atoms with Crippen LogP contribution in [0.15, 0.2) is 36.4 Å². The maximum atomic E-state index is 12.4. The molecule has 0 spiro atoms. The van der Waals surface area contributed by atoms with Crippen LogP contribution < -0.4 is 14.8 Å². The monoisotopic (exact) mass is 355 g/mol. The van der Waals surface area contributed by atoms with E-state index in [0.717, 1.165) is 22.6 Å². The Balaban J connectivity index is 1.82. The van der Waals surface area contributed by atoms with Gasteiger partial charge in [-0.05, 0) is 69.0 Å². The quantitative estimate of drug-likeness (QED) is 0.719. The lowest BCUT2D eigenvalue weighted by Crippen LogP contribution is -2.39. The van der Waals surface area contributed by atoms with E-state index in [-0.39, 0.29) is 5.91 Å². The van der Waals surface area contributed by atoms with E-state index in [1.165, 1.54) is 11.1 Å². The van der Waals surface area contributed by atoms with Crippen molar-refractivity contribution in [3.05, 3.63) is 58.7 Å². The minimum absolute atomic E-state index is 0.116. The fourth-order valence-corrected chi connectivity index (χ4v) is 2.68. The van der Waals surface area contributed by atoms with Gasteiger partial charge in [-0.15, -0.1) is 0 Å². The zero-order valence-corrected chi connectivity index (χ0v) is 16.4. The van der Waals surface area contributed by atoms with Gasteiger partial charge < -0.3 is 14.8 Å². The summed E-state index contributed by atoms with van der Waals surface area (Å²) >= 11 is 0. The molecule has 2 aromatic rings. The molecular weight excluding hydrogens is 326 g/mol. The molecule has 1 N–H and O–H groups in total. The van der Waals surface area contributed by atoms with Gasteiger partial charge in [0.2, 0.25) is 0 Å². The Morgan fingerprint density at radius 2 is 1.77 bits per heavy atom. The predicted octanol–water partition coefficient (Wildman–Crippen LogP) is 4.27. The third kappa shape index (κ3) is 5.51. The number of ether oxygens (including phenoxy) is 2. The maximum absolute atomic E-state index is 12.4. The zero-order valence-electron chi connectivity index (χ0n) is 16.4. The lowest BCUT2D eigenvalue weighted by Gasteiger charge is -2.18. The van der Waals surface area contributed by atoms with Crippen molar-refractivity contribution in [2.45, 2.75) is 47.1 Å². The van der Waals surface area contributed by atoms with Gasteiger partial charge in [0.1, 0.15) is 18.1 Å². The number of amides is 1. The lowest BCUT2D eigenvalue weighted by molar-refractivity contribution is -0.128. The Hall–Kier alpha value is -2.49. The van der Waals surface area contributed by atoms with Crippen molar-refractivity contribution in [1.82, 2.24) is 5.32 Å².